The van der Waals surface area contributed by atoms with Gasteiger partial charge in [0.25, 0.3) is 0 Å². The lowest BCUT2D eigenvalue weighted by Gasteiger charge is -2.09. The van der Waals surface area contributed by atoms with Gasteiger partial charge in [-0.05, 0) is 48.5 Å². The van der Waals surface area contributed by atoms with E-state index in [9.17, 15) is 0 Å². The molecule has 0 bridgehead atoms. The highest BCUT2D eigenvalue weighted by atomic mass is 32.1. The van der Waals surface area contributed by atoms with Gasteiger partial charge in [0, 0.05) is 37.3 Å². The van der Waals surface area contributed by atoms with Crippen molar-refractivity contribution in [2.45, 2.75) is 0 Å². The minimum atomic E-state index is 0.853. The number of benzene rings is 3. The van der Waals surface area contributed by atoms with E-state index < -0.39 is 0 Å². The minimum absolute atomic E-state index is 0.853. The van der Waals surface area contributed by atoms with Crippen LogP contribution in [-0.2, 0) is 0 Å². The van der Waals surface area contributed by atoms with E-state index in [0.717, 1.165) is 44.9 Å². The van der Waals surface area contributed by atoms with Crippen LogP contribution in [0.15, 0.2) is 122 Å². The van der Waals surface area contributed by atoms with Gasteiger partial charge in [0.05, 0.1) is 45.5 Å². The second-order valence-electron chi connectivity index (χ2n) is 9.32. The Bertz CT molecular complexity index is 2110. The molecule has 4 nitrogen and oxygen atoms in total. The van der Waals surface area contributed by atoms with Crippen LogP contribution in [0, 0.1) is 0 Å². The fourth-order valence-electron chi connectivity index (χ4n) is 5.37. The van der Waals surface area contributed by atoms with Gasteiger partial charge in [0.2, 0.25) is 0 Å². The zero-order chi connectivity index (χ0) is 25.1. The Hall–Kier alpha value is -4.87. The fraction of sp³-hybridized carbons (Fsp3) is 0. The van der Waals surface area contributed by atoms with Gasteiger partial charge < -0.3 is 4.57 Å². The summed E-state index contributed by atoms with van der Waals surface area (Å²) in [6.45, 7) is 0. The molecule has 38 heavy (non-hydrogen) atoms. The molecule has 0 fully saturated rings. The zero-order valence-electron chi connectivity index (χ0n) is 20.2. The van der Waals surface area contributed by atoms with E-state index in [0.29, 0.717) is 0 Å². The van der Waals surface area contributed by atoms with Gasteiger partial charge in [-0.1, -0.05) is 60.7 Å². The highest BCUT2D eigenvalue weighted by Crippen LogP contribution is 2.43. The fourth-order valence-corrected chi connectivity index (χ4v) is 6.62. The van der Waals surface area contributed by atoms with Crippen LogP contribution in [0.3, 0.4) is 0 Å². The van der Waals surface area contributed by atoms with Crippen LogP contribution < -0.4 is 0 Å². The molecule has 0 atom stereocenters. The number of thiophene rings is 1. The van der Waals surface area contributed by atoms with Crippen molar-refractivity contribution < 1.29 is 0 Å². The predicted molar refractivity (Wildman–Crippen MR) is 158 cm³/mol. The van der Waals surface area contributed by atoms with Crippen molar-refractivity contribution in [2.24, 2.45) is 0 Å². The normalized spacial score (nSPS) is 11.7. The van der Waals surface area contributed by atoms with Crippen molar-refractivity contribution in [3.05, 3.63) is 122 Å². The van der Waals surface area contributed by atoms with Gasteiger partial charge in [-0.25, -0.2) is 4.98 Å². The Morgan fingerprint density at radius 2 is 1.37 bits per heavy atom. The molecule has 3 aromatic carbocycles. The van der Waals surface area contributed by atoms with Gasteiger partial charge >= 0.3 is 0 Å². The van der Waals surface area contributed by atoms with Gasteiger partial charge in [-0.15, -0.1) is 11.3 Å². The monoisotopic (exact) mass is 504 g/mol. The van der Waals surface area contributed by atoms with Crippen LogP contribution in [0.4, 0.5) is 0 Å². The molecule has 5 heterocycles. The topological polar surface area (TPSA) is 43.6 Å². The molecule has 8 aromatic rings. The lowest BCUT2D eigenvalue weighted by atomic mass is 10.1. The van der Waals surface area contributed by atoms with Crippen LogP contribution in [0.2, 0.25) is 0 Å². The van der Waals surface area contributed by atoms with Crippen molar-refractivity contribution in [3.63, 3.8) is 0 Å². The first-order valence-electron chi connectivity index (χ1n) is 12.5. The smallest absolute Gasteiger partial charge is 0.0985 e. The molecule has 0 amide bonds. The van der Waals surface area contributed by atoms with Crippen LogP contribution >= 0.6 is 11.3 Å². The number of nitrogens with zero attached hydrogens (tertiary/aromatic N) is 4. The molecule has 0 aliphatic rings. The van der Waals surface area contributed by atoms with E-state index in [4.69, 9.17) is 9.97 Å². The molecule has 0 spiro atoms. The Balaban J connectivity index is 1.44. The van der Waals surface area contributed by atoms with Gasteiger partial charge in [0.15, 0.2) is 0 Å². The Morgan fingerprint density at radius 3 is 2.21 bits per heavy atom. The highest BCUT2D eigenvalue weighted by Gasteiger charge is 2.19. The lowest BCUT2D eigenvalue weighted by Crippen LogP contribution is -1.96. The molecule has 5 heteroatoms. The second-order valence-corrected chi connectivity index (χ2v) is 10.4. The standard InChI is InChI=1S/C33H20N4S/c1-2-8-21(9-3-1)25-16-18-29-32(36-25)31-28(17-14-24-23-10-4-5-12-30(23)38-33(24)31)37(29)22-13-15-27(35-20-22)26-11-6-7-19-34-26/h1-20H. The average Bonchev–Trinajstić information content (AvgIpc) is 3.53. The van der Waals surface area contributed by atoms with E-state index in [1.165, 1.54) is 25.6 Å². The summed E-state index contributed by atoms with van der Waals surface area (Å²) in [7, 11) is 0. The van der Waals surface area contributed by atoms with E-state index >= 15 is 0 Å². The second kappa shape index (κ2) is 8.33. The molecule has 0 saturated carbocycles. The Labute approximate surface area is 222 Å². The lowest BCUT2D eigenvalue weighted by molar-refractivity contribution is 1.13. The van der Waals surface area contributed by atoms with Gasteiger partial charge in [-0.3, -0.25) is 9.97 Å². The minimum Gasteiger partial charge on any atom is -0.306 e. The summed E-state index contributed by atoms with van der Waals surface area (Å²) in [4.78, 5) is 14.5. The predicted octanol–water partition coefficient (Wildman–Crippen LogP) is 8.67. The van der Waals surface area contributed by atoms with Crippen molar-refractivity contribution in [2.75, 3.05) is 0 Å². The number of fused-ring (bicyclic) bond motifs is 7. The van der Waals surface area contributed by atoms with Crippen molar-refractivity contribution in [1.29, 1.82) is 0 Å². The number of hydrogen-bond donors (Lipinski definition) is 0. The molecule has 0 aliphatic heterocycles. The molecule has 0 saturated heterocycles. The van der Waals surface area contributed by atoms with E-state index in [-0.39, 0.29) is 0 Å². The summed E-state index contributed by atoms with van der Waals surface area (Å²) in [6.07, 6.45) is 3.73. The summed E-state index contributed by atoms with van der Waals surface area (Å²) >= 11 is 1.84. The van der Waals surface area contributed by atoms with Gasteiger partial charge in [0.1, 0.15) is 0 Å². The summed E-state index contributed by atoms with van der Waals surface area (Å²) < 4.78 is 4.84. The SMILES string of the molecule is c1ccc(-c2ccc3c(n2)c2c4sc5ccccc5c4ccc2n3-c2ccc(-c3ccccn3)nc2)cc1. The summed E-state index contributed by atoms with van der Waals surface area (Å²) in [5.74, 6) is 0. The Morgan fingerprint density at radius 1 is 0.579 bits per heavy atom. The molecular weight excluding hydrogens is 484 g/mol. The largest absolute Gasteiger partial charge is 0.306 e. The Kier molecular flexibility index (Phi) is 4.66. The first-order valence-corrected chi connectivity index (χ1v) is 13.4. The molecule has 8 rings (SSSR count). The highest BCUT2D eigenvalue weighted by molar-refractivity contribution is 7.26. The maximum atomic E-state index is 5.26. The quantitative estimate of drug-likeness (QED) is 0.242. The van der Waals surface area contributed by atoms with Crippen LogP contribution in [0.25, 0.3) is 70.4 Å². The van der Waals surface area contributed by atoms with Crippen LogP contribution in [-0.4, -0.2) is 19.5 Å². The van der Waals surface area contributed by atoms with Crippen molar-refractivity contribution >= 4 is 53.4 Å². The first kappa shape index (κ1) is 21.2. The number of pyridine rings is 3. The maximum Gasteiger partial charge on any atom is 0.0985 e. The van der Waals surface area contributed by atoms with Gasteiger partial charge in [-0.2, -0.15) is 0 Å². The zero-order valence-corrected chi connectivity index (χ0v) is 21.1. The third kappa shape index (κ3) is 3.19. The molecule has 0 N–H and O–H groups in total. The molecule has 5 aromatic heterocycles. The molecule has 0 unspecified atom stereocenters. The van der Waals surface area contributed by atoms with E-state index in [2.05, 4.69) is 88.4 Å². The third-order valence-electron chi connectivity index (χ3n) is 7.12. The average molecular weight is 505 g/mol. The number of rotatable bonds is 3. The summed E-state index contributed by atoms with van der Waals surface area (Å²) in [5, 5.41) is 3.74. The molecule has 0 aliphatic carbocycles. The van der Waals surface area contributed by atoms with Crippen LogP contribution in [0.1, 0.15) is 0 Å². The molecule has 178 valence electrons. The number of hydrogen-bond acceptors (Lipinski definition) is 4. The van der Waals surface area contributed by atoms with Crippen LogP contribution in [0.5, 0.6) is 0 Å². The summed E-state index contributed by atoms with van der Waals surface area (Å²) in [6, 6.07) is 37.9. The molecule has 0 radical (unpaired) electrons. The third-order valence-corrected chi connectivity index (χ3v) is 8.32. The van der Waals surface area contributed by atoms with E-state index in [1.807, 2.05) is 47.9 Å². The van der Waals surface area contributed by atoms with Crippen molar-refractivity contribution in [1.82, 2.24) is 19.5 Å². The first-order chi connectivity index (χ1) is 18.8. The van der Waals surface area contributed by atoms with Crippen molar-refractivity contribution in [3.8, 4) is 28.3 Å². The number of aromatic nitrogens is 4. The van der Waals surface area contributed by atoms with E-state index in [1.54, 1.807) is 6.20 Å². The molecular formula is C33H20N4S. The maximum absolute atomic E-state index is 5.26. The summed E-state index contributed by atoms with van der Waals surface area (Å²) in [5.41, 5.74) is 8.00.